The number of hydrogen-bond donors (Lipinski definition) is 1. The number of aryl methyl sites for hydroxylation is 1. The molecule has 0 fully saturated rings. The van der Waals surface area contributed by atoms with Gasteiger partial charge in [0.15, 0.2) is 10.9 Å². The van der Waals surface area contributed by atoms with Crippen molar-refractivity contribution in [3.05, 3.63) is 87.3 Å². The van der Waals surface area contributed by atoms with Crippen LogP contribution in [0.5, 0.6) is 5.75 Å². The first-order chi connectivity index (χ1) is 15.5. The van der Waals surface area contributed by atoms with E-state index < -0.39 is 17.7 Å². The number of aliphatic hydroxyl groups excluding tert-OH is 1. The minimum Gasteiger partial charge on any atom is -0.503 e. The van der Waals surface area contributed by atoms with Gasteiger partial charge in [0.1, 0.15) is 11.8 Å². The summed E-state index contributed by atoms with van der Waals surface area (Å²) < 4.78 is 6.46. The molecule has 0 saturated carbocycles. The normalized spacial score (nSPS) is 16.2. The van der Waals surface area contributed by atoms with Crippen molar-refractivity contribution in [2.24, 2.45) is 0 Å². The van der Waals surface area contributed by atoms with Crippen LogP contribution in [0.15, 0.2) is 71.3 Å². The largest absolute Gasteiger partial charge is 0.503 e. The van der Waals surface area contributed by atoms with E-state index in [1.165, 1.54) is 34.7 Å². The third-order valence-corrected chi connectivity index (χ3v) is 7.26. The number of ether oxygens (including phenoxy) is 1. The number of aliphatic hydroxyl groups is 1. The van der Waals surface area contributed by atoms with Gasteiger partial charge in [-0.1, -0.05) is 41.7 Å². The summed E-state index contributed by atoms with van der Waals surface area (Å²) in [6.45, 7) is 1.99. The van der Waals surface area contributed by atoms with Gasteiger partial charge in [-0.15, -0.1) is 11.3 Å². The van der Waals surface area contributed by atoms with E-state index in [4.69, 9.17) is 4.74 Å². The summed E-state index contributed by atoms with van der Waals surface area (Å²) in [5.41, 5.74) is 2.45. The van der Waals surface area contributed by atoms with Crippen LogP contribution < -0.4 is 9.64 Å². The van der Waals surface area contributed by atoms with Crippen molar-refractivity contribution >= 4 is 49.7 Å². The molecule has 3 heterocycles. The predicted molar refractivity (Wildman–Crippen MR) is 126 cm³/mol. The molecule has 1 amide bonds. The second-order valence-corrected chi connectivity index (χ2v) is 9.31. The molecule has 1 atom stereocenters. The van der Waals surface area contributed by atoms with E-state index in [1.54, 1.807) is 29.6 Å². The minimum absolute atomic E-state index is 0.0254. The molecule has 0 aliphatic carbocycles. The lowest BCUT2D eigenvalue weighted by Crippen LogP contribution is -2.31. The number of amides is 1. The highest BCUT2D eigenvalue weighted by atomic mass is 32.1. The number of nitrogens with zero attached hydrogens (tertiary/aromatic N) is 2. The van der Waals surface area contributed by atoms with Crippen LogP contribution >= 0.6 is 22.7 Å². The van der Waals surface area contributed by atoms with Crippen molar-refractivity contribution < 1.29 is 19.4 Å². The van der Waals surface area contributed by atoms with Crippen LogP contribution in [0.4, 0.5) is 5.13 Å². The molecule has 1 aliphatic rings. The van der Waals surface area contributed by atoms with Gasteiger partial charge in [0, 0.05) is 5.56 Å². The Balaban J connectivity index is 1.72. The molecule has 2 aromatic carbocycles. The number of carbonyl (C=O) groups excluding carboxylic acids is 2. The van der Waals surface area contributed by atoms with Gasteiger partial charge in [-0.25, -0.2) is 4.98 Å². The summed E-state index contributed by atoms with van der Waals surface area (Å²) in [6, 6.07) is 15.6. The molecule has 0 saturated heterocycles. The first-order valence-electron chi connectivity index (χ1n) is 9.84. The number of aromatic nitrogens is 1. The molecule has 32 heavy (non-hydrogen) atoms. The maximum atomic E-state index is 13.4. The van der Waals surface area contributed by atoms with Crippen LogP contribution in [-0.2, 0) is 4.79 Å². The van der Waals surface area contributed by atoms with Gasteiger partial charge in [0.2, 0.25) is 5.78 Å². The average Bonchev–Trinajstić information content (AvgIpc) is 3.52. The average molecular weight is 463 g/mol. The van der Waals surface area contributed by atoms with Gasteiger partial charge in [0.05, 0.1) is 27.8 Å². The van der Waals surface area contributed by atoms with Gasteiger partial charge in [-0.3, -0.25) is 14.5 Å². The van der Waals surface area contributed by atoms with Gasteiger partial charge < -0.3 is 9.84 Å². The van der Waals surface area contributed by atoms with Crippen LogP contribution in [-0.4, -0.2) is 28.9 Å². The number of thiazole rings is 1. The maximum Gasteiger partial charge on any atom is 0.296 e. The number of fused-ring (bicyclic) bond motifs is 1. The molecule has 1 N–H and O–H groups in total. The van der Waals surface area contributed by atoms with E-state index in [0.717, 1.165) is 15.8 Å². The second kappa shape index (κ2) is 7.89. The fourth-order valence-electron chi connectivity index (χ4n) is 3.88. The van der Waals surface area contributed by atoms with Crippen LogP contribution in [0.3, 0.4) is 0 Å². The molecule has 0 spiro atoms. The Kier molecular flexibility index (Phi) is 5.03. The van der Waals surface area contributed by atoms with E-state index in [1.807, 2.05) is 37.3 Å². The molecule has 0 radical (unpaired) electrons. The topological polar surface area (TPSA) is 79.7 Å². The number of hydrogen-bond acceptors (Lipinski definition) is 7. The lowest BCUT2D eigenvalue weighted by atomic mass is 9.95. The number of carbonyl (C=O) groups is 2. The minimum atomic E-state index is -0.866. The van der Waals surface area contributed by atoms with Gasteiger partial charge in [0.25, 0.3) is 5.91 Å². The molecule has 6 nitrogen and oxygen atoms in total. The van der Waals surface area contributed by atoms with E-state index in [2.05, 4.69) is 4.98 Å². The van der Waals surface area contributed by atoms with Crippen LogP contribution in [0.25, 0.3) is 10.2 Å². The molecule has 5 rings (SSSR count). The summed E-state index contributed by atoms with van der Waals surface area (Å²) in [7, 11) is 1.53. The van der Waals surface area contributed by atoms with Crippen LogP contribution in [0.1, 0.15) is 26.8 Å². The summed E-state index contributed by atoms with van der Waals surface area (Å²) >= 11 is 2.61. The van der Waals surface area contributed by atoms with Gasteiger partial charge in [-0.05, 0) is 42.1 Å². The Labute approximate surface area is 192 Å². The van der Waals surface area contributed by atoms with E-state index >= 15 is 0 Å². The fourth-order valence-corrected chi connectivity index (χ4v) is 5.65. The molecule has 0 bridgehead atoms. The Bertz CT molecular complexity index is 1390. The summed E-state index contributed by atoms with van der Waals surface area (Å²) in [5.74, 6) is -1.09. The number of para-hydroxylation sites is 1. The first-order valence-corrected chi connectivity index (χ1v) is 11.5. The number of methoxy groups -OCH3 is 1. The zero-order valence-corrected chi connectivity index (χ0v) is 18.9. The Hall–Kier alpha value is -3.49. The highest BCUT2D eigenvalue weighted by Gasteiger charge is 2.47. The molecule has 8 heteroatoms. The van der Waals surface area contributed by atoms with E-state index in [0.29, 0.717) is 21.3 Å². The van der Waals surface area contributed by atoms with Crippen molar-refractivity contribution in [3.8, 4) is 5.75 Å². The third kappa shape index (κ3) is 3.19. The monoisotopic (exact) mass is 462 g/mol. The number of thiophene rings is 1. The van der Waals surface area contributed by atoms with Crippen LogP contribution in [0, 0.1) is 6.92 Å². The van der Waals surface area contributed by atoms with Crippen LogP contribution in [0.2, 0.25) is 0 Å². The third-order valence-electron chi connectivity index (χ3n) is 5.37. The zero-order valence-electron chi connectivity index (χ0n) is 17.2. The lowest BCUT2D eigenvalue weighted by molar-refractivity contribution is -0.117. The van der Waals surface area contributed by atoms with Crippen molar-refractivity contribution in [3.63, 3.8) is 0 Å². The fraction of sp³-hybridized carbons (Fsp3) is 0.125. The highest BCUT2D eigenvalue weighted by molar-refractivity contribution is 7.22. The molecule has 160 valence electrons. The number of anilines is 1. The Morgan fingerprint density at radius 3 is 2.72 bits per heavy atom. The van der Waals surface area contributed by atoms with E-state index in [-0.39, 0.29) is 11.4 Å². The summed E-state index contributed by atoms with van der Waals surface area (Å²) in [4.78, 5) is 33.2. The molecule has 2 aromatic heterocycles. The number of benzene rings is 2. The van der Waals surface area contributed by atoms with E-state index in [9.17, 15) is 14.7 Å². The quantitative estimate of drug-likeness (QED) is 0.399. The highest BCUT2D eigenvalue weighted by Crippen LogP contribution is 2.46. The number of rotatable bonds is 5. The van der Waals surface area contributed by atoms with Crippen molar-refractivity contribution in [2.75, 3.05) is 12.0 Å². The maximum absolute atomic E-state index is 13.4. The molecule has 1 aliphatic heterocycles. The SMILES string of the molecule is COc1ccccc1[C@H]1C(C(=O)c2cccs2)=C(O)C(=O)N1c1nc2ccc(C)cc2s1. The lowest BCUT2D eigenvalue weighted by Gasteiger charge is -2.25. The number of ketones is 1. The summed E-state index contributed by atoms with van der Waals surface area (Å²) in [5, 5.41) is 13.1. The Morgan fingerprint density at radius 1 is 1.16 bits per heavy atom. The number of Topliss-reactive ketones (excluding diaryl/α,β-unsaturated/α-hetero) is 1. The van der Waals surface area contributed by atoms with Crippen molar-refractivity contribution in [1.29, 1.82) is 0 Å². The second-order valence-electron chi connectivity index (χ2n) is 7.36. The zero-order chi connectivity index (χ0) is 22.4. The van der Waals surface area contributed by atoms with Gasteiger partial charge >= 0.3 is 0 Å². The smallest absolute Gasteiger partial charge is 0.296 e. The Morgan fingerprint density at radius 2 is 1.97 bits per heavy atom. The molecule has 4 aromatic rings. The molecular weight excluding hydrogens is 444 g/mol. The standard InChI is InChI=1S/C24H18N2O4S2/c1-13-9-10-15-18(12-13)32-24(25-15)26-20(14-6-3-4-7-16(14)30-2)19(22(28)23(26)29)21(27)17-8-5-11-31-17/h3-12,20,28H,1-2H3/t20-/m0/s1. The first kappa shape index (κ1) is 20.4. The molecule has 0 unspecified atom stereocenters. The predicted octanol–water partition coefficient (Wildman–Crippen LogP) is 5.46. The molecular formula is C24H18N2O4S2. The van der Waals surface area contributed by atoms with Crippen molar-refractivity contribution in [1.82, 2.24) is 4.98 Å². The van der Waals surface area contributed by atoms with Gasteiger partial charge in [-0.2, -0.15) is 0 Å². The van der Waals surface area contributed by atoms with Crippen molar-refractivity contribution in [2.45, 2.75) is 13.0 Å². The summed E-state index contributed by atoms with van der Waals surface area (Å²) in [6.07, 6.45) is 0.